The molecule has 1 rings (SSSR count). The van der Waals surface area contributed by atoms with Crippen LogP contribution in [0.3, 0.4) is 0 Å². The molecule has 17 heavy (non-hydrogen) atoms. The molecule has 100 valence electrons. The third-order valence-electron chi connectivity index (χ3n) is 3.03. The minimum Gasteiger partial charge on any atom is -0.338 e. The average molecular weight is 252 g/mol. The summed E-state index contributed by atoms with van der Waals surface area (Å²) in [5, 5.41) is 0. The maximum atomic E-state index is 12.7. The molecule has 2 N–H and O–H groups in total. The number of hydrogen-bond donors (Lipinski definition) is 1. The summed E-state index contributed by atoms with van der Waals surface area (Å²) in [5.74, 6) is -0.999. The van der Waals surface area contributed by atoms with E-state index < -0.39 is 17.6 Å². The third kappa shape index (κ3) is 3.12. The maximum absolute atomic E-state index is 12.7. The van der Waals surface area contributed by atoms with Crippen LogP contribution in [0.1, 0.15) is 39.5 Å². The molecule has 1 atom stereocenters. The number of carbonyl (C=O) groups is 1. The number of unbranched alkanes of at least 4 members (excludes halogenated alkanes) is 1. The van der Waals surface area contributed by atoms with Crippen molar-refractivity contribution in [1.29, 1.82) is 0 Å². The molecule has 1 amide bonds. The second-order valence-corrected chi connectivity index (χ2v) is 4.78. The Morgan fingerprint density at radius 1 is 1.41 bits per heavy atom. The highest BCUT2D eigenvalue weighted by molar-refractivity contribution is 5.87. The van der Waals surface area contributed by atoms with Crippen molar-refractivity contribution in [2.24, 2.45) is 5.73 Å². The van der Waals surface area contributed by atoms with Gasteiger partial charge in [-0.3, -0.25) is 4.79 Å². The summed E-state index contributed by atoms with van der Waals surface area (Å²) in [4.78, 5) is 13.2. The second-order valence-electron chi connectivity index (χ2n) is 4.78. The Bertz CT molecular complexity index is 285. The van der Waals surface area contributed by atoms with Crippen molar-refractivity contribution in [3.63, 3.8) is 0 Å². The topological polar surface area (TPSA) is 46.3 Å². The molecule has 0 heterocycles. The molecular formula is C11H19F3N2O. The van der Waals surface area contributed by atoms with Gasteiger partial charge in [0.1, 0.15) is 0 Å². The van der Waals surface area contributed by atoms with Crippen LogP contribution in [0.5, 0.6) is 0 Å². The Morgan fingerprint density at radius 3 is 2.29 bits per heavy atom. The lowest BCUT2D eigenvalue weighted by atomic mass is 10.0. The summed E-state index contributed by atoms with van der Waals surface area (Å²) in [7, 11) is 0. The van der Waals surface area contributed by atoms with Gasteiger partial charge in [-0.15, -0.1) is 0 Å². The molecule has 0 radical (unpaired) electrons. The SMILES string of the molecule is CCCCN(C(=O)C(C)(N)C(F)(F)F)C1CC1. The average Bonchev–Trinajstić information content (AvgIpc) is 3.00. The smallest absolute Gasteiger partial charge is 0.338 e. The Morgan fingerprint density at radius 2 is 1.94 bits per heavy atom. The first-order valence-corrected chi connectivity index (χ1v) is 5.88. The van der Waals surface area contributed by atoms with Gasteiger partial charge >= 0.3 is 6.18 Å². The highest BCUT2D eigenvalue weighted by atomic mass is 19.4. The fraction of sp³-hybridized carbons (Fsp3) is 0.909. The molecule has 0 aromatic heterocycles. The summed E-state index contributed by atoms with van der Waals surface area (Å²) in [6.07, 6.45) is -1.60. The van der Waals surface area contributed by atoms with Gasteiger partial charge in [0.25, 0.3) is 5.91 Å². The van der Waals surface area contributed by atoms with Gasteiger partial charge in [-0.25, -0.2) is 0 Å². The van der Waals surface area contributed by atoms with Crippen LogP contribution in [-0.2, 0) is 4.79 Å². The maximum Gasteiger partial charge on any atom is 0.415 e. The lowest BCUT2D eigenvalue weighted by Crippen LogP contribution is -2.62. The van der Waals surface area contributed by atoms with E-state index >= 15 is 0 Å². The van der Waals surface area contributed by atoms with E-state index in [1.54, 1.807) is 0 Å². The molecule has 1 aliphatic rings. The number of amides is 1. The Labute approximate surface area is 99.1 Å². The van der Waals surface area contributed by atoms with E-state index in [-0.39, 0.29) is 6.04 Å². The molecule has 1 saturated carbocycles. The predicted molar refractivity (Wildman–Crippen MR) is 58.3 cm³/mol. The molecule has 0 aromatic carbocycles. The fourth-order valence-corrected chi connectivity index (χ4v) is 1.58. The van der Waals surface area contributed by atoms with Crippen molar-refractivity contribution >= 4 is 5.91 Å². The number of rotatable bonds is 5. The van der Waals surface area contributed by atoms with Crippen molar-refractivity contribution in [3.05, 3.63) is 0 Å². The molecule has 0 bridgehead atoms. The molecule has 0 saturated heterocycles. The molecule has 6 heteroatoms. The molecule has 0 spiro atoms. The molecule has 0 aromatic rings. The molecule has 0 aliphatic heterocycles. The van der Waals surface area contributed by atoms with Gasteiger partial charge in [0.15, 0.2) is 5.54 Å². The molecular weight excluding hydrogens is 233 g/mol. The van der Waals surface area contributed by atoms with Crippen LogP contribution in [0, 0.1) is 0 Å². The number of nitrogens with two attached hydrogens (primary N) is 1. The van der Waals surface area contributed by atoms with Crippen LogP contribution < -0.4 is 5.73 Å². The lowest BCUT2D eigenvalue weighted by Gasteiger charge is -2.33. The van der Waals surface area contributed by atoms with Crippen LogP contribution in [0.25, 0.3) is 0 Å². The first-order valence-electron chi connectivity index (χ1n) is 5.88. The second kappa shape index (κ2) is 4.84. The number of alkyl halides is 3. The van der Waals surface area contributed by atoms with Gasteiger partial charge in [0, 0.05) is 12.6 Å². The first-order chi connectivity index (χ1) is 7.71. The summed E-state index contributed by atoms with van der Waals surface area (Å²) in [5.41, 5.74) is 2.38. The van der Waals surface area contributed by atoms with Crippen LogP contribution in [0.4, 0.5) is 13.2 Å². The Hall–Kier alpha value is -0.780. The molecule has 3 nitrogen and oxygen atoms in total. The number of nitrogens with zero attached hydrogens (tertiary/aromatic N) is 1. The summed E-state index contributed by atoms with van der Waals surface area (Å²) >= 11 is 0. The van der Waals surface area contributed by atoms with Crippen LogP contribution in [0.2, 0.25) is 0 Å². The number of carbonyl (C=O) groups excluding carboxylic acids is 1. The monoisotopic (exact) mass is 252 g/mol. The third-order valence-corrected chi connectivity index (χ3v) is 3.03. The minimum atomic E-state index is -4.70. The van der Waals surface area contributed by atoms with Gasteiger partial charge in [0.05, 0.1) is 0 Å². The Kier molecular flexibility index (Phi) is 4.06. The zero-order valence-corrected chi connectivity index (χ0v) is 10.2. The fourth-order valence-electron chi connectivity index (χ4n) is 1.58. The summed E-state index contributed by atoms with van der Waals surface area (Å²) in [6, 6.07) is -0.0423. The Balaban J connectivity index is 2.77. The van der Waals surface area contributed by atoms with E-state index in [2.05, 4.69) is 0 Å². The summed E-state index contributed by atoms with van der Waals surface area (Å²) < 4.78 is 38.0. The summed E-state index contributed by atoms with van der Waals surface area (Å²) in [6.45, 7) is 3.04. The van der Waals surface area contributed by atoms with E-state index in [0.717, 1.165) is 26.2 Å². The van der Waals surface area contributed by atoms with E-state index in [1.807, 2.05) is 6.92 Å². The number of halogens is 3. The zero-order valence-electron chi connectivity index (χ0n) is 10.2. The quantitative estimate of drug-likeness (QED) is 0.814. The van der Waals surface area contributed by atoms with Gasteiger partial charge in [-0.2, -0.15) is 13.2 Å². The van der Waals surface area contributed by atoms with E-state index in [4.69, 9.17) is 5.73 Å². The van der Waals surface area contributed by atoms with Gasteiger partial charge < -0.3 is 10.6 Å². The van der Waals surface area contributed by atoms with E-state index in [9.17, 15) is 18.0 Å². The molecule has 1 fully saturated rings. The van der Waals surface area contributed by atoms with Gasteiger partial charge in [-0.1, -0.05) is 13.3 Å². The largest absolute Gasteiger partial charge is 0.415 e. The van der Waals surface area contributed by atoms with E-state index in [0.29, 0.717) is 13.0 Å². The predicted octanol–water partition coefficient (Wildman–Crippen LogP) is 2.06. The molecule has 1 aliphatic carbocycles. The van der Waals surface area contributed by atoms with Crippen LogP contribution in [-0.4, -0.2) is 35.1 Å². The van der Waals surface area contributed by atoms with Gasteiger partial charge in [-0.05, 0) is 26.2 Å². The van der Waals surface area contributed by atoms with Crippen molar-refractivity contribution in [2.45, 2.75) is 57.3 Å². The first kappa shape index (κ1) is 14.3. The normalized spacial score (nSPS) is 19.9. The lowest BCUT2D eigenvalue weighted by molar-refractivity contribution is -0.194. The van der Waals surface area contributed by atoms with Crippen LogP contribution in [0.15, 0.2) is 0 Å². The van der Waals surface area contributed by atoms with Crippen molar-refractivity contribution in [1.82, 2.24) is 4.90 Å². The van der Waals surface area contributed by atoms with Crippen molar-refractivity contribution in [3.8, 4) is 0 Å². The molecule has 1 unspecified atom stereocenters. The zero-order chi connectivity index (χ0) is 13.3. The highest BCUT2D eigenvalue weighted by Gasteiger charge is 2.56. The van der Waals surface area contributed by atoms with Crippen molar-refractivity contribution < 1.29 is 18.0 Å². The number of hydrogen-bond acceptors (Lipinski definition) is 2. The van der Waals surface area contributed by atoms with E-state index in [1.165, 1.54) is 4.90 Å². The van der Waals surface area contributed by atoms with Gasteiger partial charge in [0.2, 0.25) is 0 Å². The van der Waals surface area contributed by atoms with Crippen LogP contribution >= 0.6 is 0 Å². The minimum absolute atomic E-state index is 0.0423. The van der Waals surface area contributed by atoms with Crippen molar-refractivity contribution in [2.75, 3.05) is 6.54 Å². The standard InChI is InChI=1S/C11H19F3N2O/c1-3-4-7-16(8-5-6-8)9(17)10(2,15)11(12,13)14/h8H,3-7,15H2,1-2H3. The highest BCUT2D eigenvalue weighted by Crippen LogP contribution is 2.34.